The number of fused-ring (bicyclic) bond motifs is 6. The third kappa shape index (κ3) is 6.57. The lowest BCUT2D eigenvalue weighted by molar-refractivity contribution is -0.116. The Bertz CT molecular complexity index is 1460. The molecule has 0 spiro atoms. The van der Waals surface area contributed by atoms with Crippen molar-refractivity contribution in [1.82, 2.24) is 15.3 Å². The van der Waals surface area contributed by atoms with E-state index in [-0.39, 0.29) is 24.9 Å². The van der Waals surface area contributed by atoms with Gasteiger partial charge in [-0.3, -0.25) is 4.79 Å². The molecular weight excluding hydrogens is 502 g/mol. The lowest BCUT2D eigenvalue weighted by atomic mass is 10.0. The van der Waals surface area contributed by atoms with Crippen LogP contribution < -0.4 is 26.6 Å². The van der Waals surface area contributed by atoms with Crippen LogP contribution in [-0.2, 0) is 17.6 Å². The fraction of sp³-hybridized carbons (Fsp3) is 0.143. The van der Waals surface area contributed by atoms with E-state index < -0.39 is 0 Å². The second kappa shape index (κ2) is 11.6. The van der Waals surface area contributed by atoms with Crippen molar-refractivity contribution in [2.75, 3.05) is 27.8 Å². The van der Waals surface area contributed by atoms with Gasteiger partial charge in [0.15, 0.2) is 5.82 Å². The first-order valence-electron chi connectivity index (χ1n) is 12.2. The average Bonchev–Trinajstić information content (AvgIpc) is 2.91. The van der Waals surface area contributed by atoms with Gasteiger partial charge < -0.3 is 26.6 Å². The summed E-state index contributed by atoms with van der Waals surface area (Å²) in [7, 11) is 0. The first kappa shape index (κ1) is 25.0. The van der Waals surface area contributed by atoms with Crippen LogP contribution in [0.1, 0.15) is 17.5 Å². The molecule has 38 heavy (non-hydrogen) atoms. The zero-order valence-corrected chi connectivity index (χ0v) is 21.2. The molecule has 0 aliphatic carbocycles. The van der Waals surface area contributed by atoms with Crippen molar-refractivity contribution in [2.24, 2.45) is 0 Å². The van der Waals surface area contributed by atoms with Crippen molar-refractivity contribution in [2.45, 2.75) is 19.3 Å². The molecule has 0 atom stereocenters. The Balaban J connectivity index is 1.28. The lowest BCUT2D eigenvalue weighted by Crippen LogP contribution is -2.31. The molecule has 5 N–H and O–H groups in total. The number of hydrogen-bond acceptors (Lipinski definition) is 6. The number of para-hydroxylation sites is 1. The maximum Gasteiger partial charge on any atom is 0.319 e. The first-order valence-corrected chi connectivity index (χ1v) is 12.6. The van der Waals surface area contributed by atoms with Gasteiger partial charge >= 0.3 is 6.03 Å². The number of hydrogen-bond donors (Lipinski definition) is 5. The molecule has 6 bridgehead atoms. The van der Waals surface area contributed by atoms with Gasteiger partial charge in [-0.2, -0.15) is 4.98 Å². The molecule has 1 aliphatic heterocycles. The van der Waals surface area contributed by atoms with Crippen molar-refractivity contribution >= 4 is 58.1 Å². The van der Waals surface area contributed by atoms with Gasteiger partial charge in [-0.25, -0.2) is 9.78 Å². The van der Waals surface area contributed by atoms with E-state index in [1.807, 2.05) is 48.5 Å². The van der Waals surface area contributed by atoms with E-state index in [2.05, 4.69) is 48.7 Å². The summed E-state index contributed by atoms with van der Waals surface area (Å²) in [5.74, 6) is 0.713. The van der Waals surface area contributed by atoms with Gasteiger partial charge in [0, 0.05) is 35.7 Å². The van der Waals surface area contributed by atoms with Crippen molar-refractivity contribution in [1.29, 1.82) is 0 Å². The van der Waals surface area contributed by atoms with Gasteiger partial charge in [0.1, 0.15) is 5.02 Å². The third-order valence-corrected chi connectivity index (χ3v) is 6.20. The van der Waals surface area contributed by atoms with E-state index in [1.165, 1.54) is 0 Å². The quantitative estimate of drug-likeness (QED) is 0.221. The normalized spacial score (nSPS) is 11.9. The number of benzene rings is 3. The average molecular weight is 528 g/mol. The Morgan fingerprint density at radius 1 is 0.895 bits per heavy atom. The van der Waals surface area contributed by atoms with Crippen LogP contribution >= 0.6 is 11.6 Å². The van der Waals surface area contributed by atoms with Crippen LogP contribution in [0.25, 0.3) is 0 Å². The molecule has 0 saturated heterocycles. The fourth-order valence-electron chi connectivity index (χ4n) is 4.06. The van der Waals surface area contributed by atoms with Gasteiger partial charge in [-0.05, 0) is 66.4 Å². The van der Waals surface area contributed by atoms with Gasteiger partial charge in [-0.1, -0.05) is 41.9 Å². The standard InChI is InChI=1S/C28H26ClN7O2/c29-23-17-31-27-33-21-8-4-5-18(15-21)9-10-19-16-22(32-26(23)36-27)11-12-24(19)35-25(37)13-14-30-28(38)34-20-6-2-1-3-7-20/h1-8,11-12,15-17H,9-10,13-14H2,(H,35,37)(H2,30,34,38)(H2,31,32,33,36). The summed E-state index contributed by atoms with van der Waals surface area (Å²) in [5.41, 5.74) is 5.15. The predicted molar refractivity (Wildman–Crippen MR) is 151 cm³/mol. The van der Waals surface area contributed by atoms with E-state index >= 15 is 0 Å². The van der Waals surface area contributed by atoms with Crippen LogP contribution in [-0.4, -0.2) is 28.5 Å². The number of aryl methyl sites for hydroxylation is 2. The Morgan fingerprint density at radius 2 is 1.74 bits per heavy atom. The number of nitrogens with one attached hydrogen (secondary N) is 5. The highest BCUT2D eigenvalue weighted by atomic mass is 35.5. The number of aromatic nitrogens is 2. The zero-order valence-electron chi connectivity index (χ0n) is 20.4. The van der Waals surface area contributed by atoms with Crippen molar-refractivity contribution in [3.05, 3.63) is 95.1 Å². The van der Waals surface area contributed by atoms with E-state index in [9.17, 15) is 9.59 Å². The number of halogens is 1. The van der Waals surface area contributed by atoms with E-state index in [0.29, 0.717) is 34.6 Å². The highest BCUT2D eigenvalue weighted by molar-refractivity contribution is 6.32. The zero-order chi connectivity index (χ0) is 26.3. The summed E-state index contributed by atoms with van der Waals surface area (Å²) < 4.78 is 0. The summed E-state index contributed by atoms with van der Waals surface area (Å²) >= 11 is 6.34. The Morgan fingerprint density at radius 3 is 2.61 bits per heavy atom. The molecule has 3 amide bonds. The number of urea groups is 1. The minimum atomic E-state index is -0.360. The van der Waals surface area contributed by atoms with Crippen LogP contribution in [0.3, 0.4) is 0 Å². The number of anilines is 6. The van der Waals surface area contributed by atoms with Gasteiger partial charge in [0.05, 0.1) is 6.20 Å². The molecule has 0 saturated carbocycles. The molecule has 10 heteroatoms. The Labute approximate surface area is 225 Å². The predicted octanol–water partition coefficient (Wildman–Crippen LogP) is 5.87. The summed E-state index contributed by atoms with van der Waals surface area (Å²) in [4.78, 5) is 33.6. The molecule has 192 valence electrons. The van der Waals surface area contributed by atoms with Crippen molar-refractivity contribution < 1.29 is 9.59 Å². The number of nitrogens with zero attached hydrogens (tertiary/aromatic N) is 2. The van der Waals surface area contributed by atoms with E-state index in [0.717, 1.165) is 28.9 Å². The van der Waals surface area contributed by atoms with Gasteiger partial charge in [0.2, 0.25) is 11.9 Å². The molecule has 4 aromatic rings. The van der Waals surface area contributed by atoms with Crippen LogP contribution in [0.5, 0.6) is 0 Å². The fourth-order valence-corrected chi connectivity index (χ4v) is 4.20. The summed E-state index contributed by atoms with van der Waals surface area (Å²) in [6.07, 6.45) is 3.15. The molecular formula is C28H26ClN7O2. The Kier molecular flexibility index (Phi) is 7.65. The largest absolute Gasteiger partial charge is 0.339 e. The van der Waals surface area contributed by atoms with Crippen molar-refractivity contribution in [3.63, 3.8) is 0 Å². The topological polar surface area (TPSA) is 120 Å². The minimum absolute atomic E-state index is 0.134. The summed E-state index contributed by atoms with van der Waals surface area (Å²) in [5, 5.41) is 15.3. The van der Waals surface area contributed by atoms with Crippen LogP contribution in [0.4, 0.5) is 39.3 Å². The van der Waals surface area contributed by atoms with Gasteiger partial charge in [0.25, 0.3) is 0 Å². The smallest absolute Gasteiger partial charge is 0.319 e. The molecule has 1 aliphatic rings. The van der Waals surface area contributed by atoms with Crippen LogP contribution in [0.2, 0.25) is 5.02 Å². The molecule has 0 unspecified atom stereocenters. The monoisotopic (exact) mass is 527 g/mol. The van der Waals surface area contributed by atoms with Crippen LogP contribution in [0, 0.1) is 0 Å². The lowest BCUT2D eigenvalue weighted by Gasteiger charge is -2.15. The second-order valence-electron chi connectivity index (χ2n) is 8.76. The molecule has 0 fully saturated rings. The Hall–Kier alpha value is -4.63. The first-order chi connectivity index (χ1) is 18.5. The van der Waals surface area contributed by atoms with E-state index in [4.69, 9.17) is 11.6 Å². The molecule has 1 aromatic heterocycles. The minimum Gasteiger partial charge on any atom is -0.339 e. The SMILES string of the molecule is O=C(CCNC(=O)Nc1ccccc1)Nc1ccc2cc1CCc1cccc(c1)Nc1ncc(Cl)c(n1)N2. The highest BCUT2D eigenvalue weighted by Gasteiger charge is 2.13. The maximum atomic E-state index is 12.7. The molecule has 5 rings (SSSR count). The molecule has 0 radical (unpaired) electrons. The van der Waals surface area contributed by atoms with Crippen LogP contribution in [0.15, 0.2) is 79.0 Å². The molecule has 2 heterocycles. The number of carbonyl (C=O) groups is 2. The van der Waals surface area contributed by atoms with E-state index in [1.54, 1.807) is 18.3 Å². The number of amides is 3. The summed E-state index contributed by atoms with van der Waals surface area (Å²) in [6.45, 7) is 0.202. The third-order valence-electron chi connectivity index (χ3n) is 5.92. The second-order valence-corrected chi connectivity index (χ2v) is 9.16. The highest BCUT2D eigenvalue weighted by Crippen LogP contribution is 2.29. The summed E-state index contributed by atoms with van der Waals surface area (Å²) in [6, 6.07) is 22.5. The molecule has 3 aromatic carbocycles. The maximum absolute atomic E-state index is 12.7. The number of rotatable bonds is 5. The van der Waals surface area contributed by atoms with Crippen molar-refractivity contribution in [3.8, 4) is 0 Å². The molecule has 9 nitrogen and oxygen atoms in total. The number of carbonyl (C=O) groups excluding carboxylic acids is 2. The van der Waals surface area contributed by atoms with Gasteiger partial charge in [-0.15, -0.1) is 0 Å².